The molecule has 0 heterocycles. The van der Waals surface area contributed by atoms with Crippen LogP contribution in [0.2, 0.25) is 0 Å². The van der Waals surface area contributed by atoms with Gasteiger partial charge in [0.05, 0.1) is 0 Å². The van der Waals surface area contributed by atoms with Crippen LogP contribution in [0.1, 0.15) is 26.7 Å². The second kappa shape index (κ2) is 3.60. The molecule has 0 unspecified atom stereocenters. The summed E-state index contributed by atoms with van der Waals surface area (Å²) in [5.74, 6) is 0.768. The first-order chi connectivity index (χ1) is 5.60. The van der Waals surface area contributed by atoms with Crippen molar-refractivity contribution in [3.63, 3.8) is 0 Å². The summed E-state index contributed by atoms with van der Waals surface area (Å²) in [6, 6.07) is 0. The monoisotopic (exact) mass is 186 g/mol. The maximum Gasteiger partial charge on any atom is 0.166 e. The second-order valence-corrected chi connectivity index (χ2v) is 4.36. The molecule has 0 atom stereocenters. The van der Waals surface area contributed by atoms with Crippen LogP contribution in [0.4, 0.5) is 0 Å². The SMILES string of the molecule is CNC(=S)NCC1(C(C)C)CC1. The Kier molecular flexibility index (Phi) is 2.94. The van der Waals surface area contributed by atoms with Crippen molar-refractivity contribution in [2.24, 2.45) is 11.3 Å². The third-order valence-electron chi connectivity index (χ3n) is 2.95. The molecule has 1 fully saturated rings. The summed E-state index contributed by atoms with van der Waals surface area (Å²) >= 11 is 5.02. The third kappa shape index (κ3) is 2.09. The number of hydrogen-bond acceptors (Lipinski definition) is 1. The van der Waals surface area contributed by atoms with Gasteiger partial charge < -0.3 is 10.6 Å². The van der Waals surface area contributed by atoms with Crippen molar-refractivity contribution in [1.82, 2.24) is 10.6 Å². The summed E-state index contributed by atoms with van der Waals surface area (Å²) in [5.41, 5.74) is 0.543. The van der Waals surface area contributed by atoms with Gasteiger partial charge in [-0.1, -0.05) is 13.8 Å². The molecular formula is C9H18N2S. The summed E-state index contributed by atoms with van der Waals surface area (Å²) in [4.78, 5) is 0. The maximum absolute atomic E-state index is 5.02. The highest BCUT2D eigenvalue weighted by Gasteiger charge is 2.44. The minimum absolute atomic E-state index is 0.543. The highest BCUT2D eigenvalue weighted by Crippen LogP contribution is 2.51. The van der Waals surface area contributed by atoms with Gasteiger partial charge >= 0.3 is 0 Å². The van der Waals surface area contributed by atoms with Crippen molar-refractivity contribution >= 4 is 17.3 Å². The molecule has 3 heteroatoms. The van der Waals surface area contributed by atoms with Crippen molar-refractivity contribution < 1.29 is 0 Å². The van der Waals surface area contributed by atoms with Gasteiger partial charge in [-0.25, -0.2) is 0 Å². The largest absolute Gasteiger partial charge is 0.366 e. The van der Waals surface area contributed by atoms with Crippen LogP contribution in [0.5, 0.6) is 0 Å². The average molecular weight is 186 g/mol. The first-order valence-corrected chi connectivity index (χ1v) is 4.97. The molecule has 12 heavy (non-hydrogen) atoms. The van der Waals surface area contributed by atoms with E-state index in [1.807, 2.05) is 7.05 Å². The van der Waals surface area contributed by atoms with Crippen LogP contribution >= 0.6 is 12.2 Å². The van der Waals surface area contributed by atoms with E-state index in [0.29, 0.717) is 5.41 Å². The molecule has 0 bridgehead atoms. The van der Waals surface area contributed by atoms with E-state index in [-0.39, 0.29) is 0 Å². The smallest absolute Gasteiger partial charge is 0.166 e. The predicted octanol–water partition coefficient (Wildman–Crippen LogP) is 1.52. The molecule has 1 aliphatic rings. The minimum atomic E-state index is 0.543. The highest BCUT2D eigenvalue weighted by molar-refractivity contribution is 7.80. The Morgan fingerprint density at radius 2 is 2.08 bits per heavy atom. The number of thiocarbonyl (C=S) groups is 1. The van der Waals surface area contributed by atoms with Gasteiger partial charge in [-0.3, -0.25) is 0 Å². The zero-order chi connectivity index (χ0) is 9.19. The normalized spacial score (nSPS) is 19.0. The second-order valence-electron chi connectivity index (χ2n) is 3.95. The first kappa shape index (κ1) is 9.78. The van der Waals surface area contributed by atoms with E-state index in [9.17, 15) is 0 Å². The van der Waals surface area contributed by atoms with Gasteiger partial charge in [0.2, 0.25) is 0 Å². The lowest BCUT2D eigenvalue weighted by Gasteiger charge is -2.20. The van der Waals surface area contributed by atoms with Crippen LogP contribution < -0.4 is 10.6 Å². The topological polar surface area (TPSA) is 24.1 Å². The number of hydrogen-bond donors (Lipinski definition) is 2. The van der Waals surface area contributed by atoms with Gasteiger partial charge in [0.15, 0.2) is 5.11 Å². The molecule has 0 saturated heterocycles. The van der Waals surface area contributed by atoms with Crippen molar-refractivity contribution in [1.29, 1.82) is 0 Å². The van der Waals surface area contributed by atoms with Crippen LogP contribution in [0, 0.1) is 11.3 Å². The summed E-state index contributed by atoms with van der Waals surface area (Å²) < 4.78 is 0. The van der Waals surface area contributed by atoms with Gasteiger partial charge in [-0.15, -0.1) is 0 Å². The fourth-order valence-electron chi connectivity index (χ4n) is 1.46. The van der Waals surface area contributed by atoms with Gasteiger partial charge in [0.1, 0.15) is 0 Å². The molecule has 1 aliphatic carbocycles. The molecule has 0 aromatic carbocycles. The quantitative estimate of drug-likeness (QED) is 0.653. The van der Waals surface area contributed by atoms with Gasteiger partial charge in [-0.2, -0.15) is 0 Å². The molecule has 70 valence electrons. The first-order valence-electron chi connectivity index (χ1n) is 4.56. The Morgan fingerprint density at radius 3 is 2.42 bits per heavy atom. The molecule has 0 aromatic rings. The van der Waals surface area contributed by atoms with Crippen LogP contribution in [0.15, 0.2) is 0 Å². The lowest BCUT2D eigenvalue weighted by Crippen LogP contribution is -2.37. The molecule has 0 radical (unpaired) electrons. The van der Waals surface area contributed by atoms with Crippen LogP contribution in [0.3, 0.4) is 0 Å². The van der Waals surface area contributed by atoms with E-state index in [1.54, 1.807) is 0 Å². The van der Waals surface area contributed by atoms with Crippen molar-refractivity contribution in [2.45, 2.75) is 26.7 Å². The van der Waals surface area contributed by atoms with E-state index < -0.39 is 0 Å². The zero-order valence-electron chi connectivity index (χ0n) is 8.11. The third-order valence-corrected chi connectivity index (χ3v) is 3.29. The average Bonchev–Trinajstić information content (AvgIpc) is 2.81. The van der Waals surface area contributed by atoms with Crippen molar-refractivity contribution in [3.8, 4) is 0 Å². The predicted molar refractivity (Wildman–Crippen MR) is 56.2 cm³/mol. The number of rotatable bonds is 3. The van der Waals surface area contributed by atoms with Gasteiger partial charge in [0, 0.05) is 13.6 Å². The summed E-state index contributed by atoms with van der Waals surface area (Å²) in [6.45, 7) is 5.61. The Hall–Kier alpha value is -0.310. The summed E-state index contributed by atoms with van der Waals surface area (Å²) in [6.07, 6.45) is 2.70. The Labute approximate surface area is 80.1 Å². The summed E-state index contributed by atoms with van der Waals surface area (Å²) in [7, 11) is 1.85. The lowest BCUT2D eigenvalue weighted by molar-refractivity contribution is 0.357. The fourth-order valence-corrected chi connectivity index (χ4v) is 1.54. The summed E-state index contributed by atoms with van der Waals surface area (Å²) in [5, 5.41) is 6.93. The standard InChI is InChI=1S/C9H18N2S/c1-7(2)9(4-5-9)6-11-8(12)10-3/h7H,4-6H2,1-3H3,(H2,10,11,12). The molecule has 2 N–H and O–H groups in total. The number of nitrogens with one attached hydrogen (secondary N) is 2. The van der Waals surface area contributed by atoms with E-state index in [4.69, 9.17) is 12.2 Å². The van der Waals surface area contributed by atoms with Crippen LogP contribution in [-0.4, -0.2) is 18.7 Å². The highest BCUT2D eigenvalue weighted by atomic mass is 32.1. The van der Waals surface area contributed by atoms with E-state index in [0.717, 1.165) is 17.6 Å². The molecule has 0 aliphatic heterocycles. The van der Waals surface area contributed by atoms with E-state index in [2.05, 4.69) is 24.5 Å². The molecule has 0 aromatic heterocycles. The fraction of sp³-hybridized carbons (Fsp3) is 0.889. The molecule has 0 spiro atoms. The van der Waals surface area contributed by atoms with Crippen LogP contribution in [0.25, 0.3) is 0 Å². The van der Waals surface area contributed by atoms with E-state index >= 15 is 0 Å². The van der Waals surface area contributed by atoms with E-state index in [1.165, 1.54) is 12.8 Å². The molecular weight excluding hydrogens is 168 g/mol. The Bertz CT molecular complexity index is 173. The Balaban J connectivity index is 2.27. The van der Waals surface area contributed by atoms with Gasteiger partial charge in [-0.05, 0) is 36.4 Å². The Morgan fingerprint density at radius 1 is 1.50 bits per heavy atom. The molecule has 1 rings (SSSR count). The zero-order valence-corrected chi connectivity index (χ0v) is 8.92. The minimum Gasteiger partial charge on any atom is -0.366 e. The maximum atomic E-state index is 5.02. The lowest BCUT2D eigenvalue weighted by atomic mass is 9.92. The van der Waals surface area contributed by atoms with Crippen LogP contribution in [-0.2, 0) is 0 Å². The van der Waals surface area contributed by atoms with Crippen molar-refractivity contribution in [2.75, 3.05) is 13.6 Å². The molecule has 0 amide bonds. The molecule has 2 nitrogen and oxygen atoms in total. The van der Waals surface area contributed by atoms with Gasteiger partial charge in [0.25, 0.3) is 0 Å². The van der Waals surface area contributed by atoms with Crippen molar-refractivity contribution in [3.05, 3.63) is 0 Å². The molecule has 1 saturated carbocycles.